The molecule has 0 aliphatic carbocycles. The standard InChI is InChI=1S/C16H19N7OS/c1-9(2)14-13(25-23-21-14)8-17-16(24)19-12-6-4-5-11(7-12)15-18-10(3)20-22-15/h4-7,9H,8H2,1-3H3,(H2,17,19,24)(H,18,20,22). The highest BCUT2D eigenvalue weighted by molar-refractivity contribution is 7.05. The predicted octanol–water partition coefficient (Wildman–Crippen LogP) is 3.08. The molecule has 2 aromatic heterocycles. The number of aromatic amines is 1. The van der Waals surface area contributed by atoms with Crippen LogP contribution in [0.3, 0.4) is 0 Å². The zero-order valence-electron chi connectivity index (χ0n) is 14.2. The van der Waals surface area contributed by atoms with Crippen molar-refractivity contribution >= 4 is 23.3 Å². The maximum Gasteiger partial charge on any atom is 0.319 e. The van der Waals surface area contributed by atoms with Crippen LogP contribution < -0.4 is 10.6 Å². The van der Waals surface area contributed by atoms with Crippen LogP contribution in [0, 0.1) is 6.92 Å². The number of aromatic nitrogens is 5. The largest absolute Gasteiger partial charge is 0.333 e. The lowest BCUT2D eigenvalue weighted by Crippen LogP contribution is -2.28. The fraction of sp³-hybridized carbons (Fsp3) is 0.312. The van der Waals surface area contributed by atoms with Gasteiger partial charge in [0, 0.05) is 11.3 Å². The van der Waals surface area contributed by atoms with Crippen LogP contribution in [0.4, 0.5) is 10.5 Å². The monoisotopic (exact) mass is 357 g/mol. The van der Waals surface area contributed by atoms with Gasteiger partial charge < -0.3 is 10.6 Å². The molecule has 0 unspecified atom stereocenters. The first-order valence-corrected chi connectivity index (χ1v) is 8.65. The number of nitrogens with one attached hydrogen (secondary N) is 3. The molecule has 3 rings (SSSR count). The number of amides is 2. The molecule has 0 bridgehead atoms. The minimum atomic E-state index is -0.286. The van der Waals surface area contributed by atoms with Crippen LogP contribution in [0.5, 0.6) is 0 Å². The van der Waals surface area contributed by atoms with Crippen molar-refractivity contribution < 1.29 is 4.79 Å². The molecule has 25 heavy (non-hydrogen) atoms. The van der Waals surface area contributed by atoms with Gasteiger partial charge in [0.2, 0.25) is 0 Å². The molecule has 0 spiro atoms. The van der Waals surface area contributed by atoms with E-state index in [1.807, 2.05) is 31.2 Å². The molecule has 3 aromatic rings. The van der Waals surface area contributed by atoms with E-state index in [9.17, 15) is 4.79 Å². The summed E-state index contributed by atoms with van der Waals surface area (Å²) in [6, 6.07) is 7.10. The third-order valence-corrected chi connectivity index (χ3v) is 4.25. The Hall–Kier alpha value is -2.81. The van der Waals surface area contributed by atoms with E-state index in [-0.39, 0.29) is 11.9 Å². The fourth-order valence-electron chi connectivity index (χ4n) is 2.32. The average Bonchev–Trinajstić information content (AvgIpc) is 3.22. The van der Waals surface area contributed by atoms with E-state index in [4.69, 9.17) is 0 Å². The van der Waals surface area contributed by atoms with Crippen molar-refractivity contribution in [2.24, 2.45) is 0 Å². The molecule has 0 saturated heterocycles. The first-order chi connectivity index (χ1) is 12.0. The minimum absolute atomic E-state index is 0.278. The first-order valence-electron chi connectivity index (χ1n) is 7.88. The highest BCUT2D eigenvalue weighted by Crippen LogP contribution is 2.20. The molecule has 8 nitrogen and oxygen atoms in total. The summed E-state index contributed by atoms with van der Waals surface area (Å²) in [6.07, 6.45) is 0. The molecule has 3 N–H and O–H groups in total. The molecule has 1 aromatic carbocycles. The fourth-order valence-corrected chi connectivity index (χ4v) is 3.05. The zero-order chi connectivity index (χ0) is 17.8. The van der Waals surface area contributed by atoms with Crippen molar-refractivity contribution in [2.45, 2.75) is 33.2 Å². The third-order valence-electron chi connectivity index (χ3n) is 3.52. The van der Waals surface area contributed by atoms with E-state index in [1.165, 1.54) is 11.5 Å². The van der Waals surface area contributed by atoms with Crippen LogP contribution in [0.2, 0.25) is 0 Å². The Morgan fingerprint density at radius 1 is 1.36 bits per heavy atom. The lowest BCUT2D eigenvalue weighted by Gasteiger charge is -2.09. The Bertz CT molecular complexity index is 871. The van der Waals surface area contributed by atoms with Crippen molar-refractivity contribution in [3.8, 4) is 11.4 Å². The van der Waals surface area contributed by atoms with E-state index < -0.39 is 0 Å². The molecule has 0 saturated carbocycles. The van der Waals surface area contributed by atoms with Crippen molar-refractivity contribution in [2.75, 3.05) is 5.32 Å². The Balaban J connectivity index is 1.62. The number of benzene rings is 1. The van der Waals surface area contributed by atoms with Crippen molar-refractivity contribution in [3.05, 3.63) is 40.7 Å². The topological polar surface area (TPSA) is 108 Å². The average molecular weight is 357 g/mol. The molecule has 0 radical (unpaired) electrons. The summed E-state index contributed by atoms with van der Waals surface area (Å²) >= 11 is 1.30. The molecule has 2 heterocycles. The van der Waals surface area contributed by atoms with Crippen LogP contribution in [0.1, 0.15) is 36.2 Å². The molecule has 0 aliphatic heterocycles. The van der Waals surface area contributed by atoms with Crippen LogP contribution >= 0.6 is 11.5 Å². The molecule has 130 valence electrons. The number of carbonyl (C=O) groups is 1. The molecule has 0 fully saturated rings. The van der Waals surface area contributed by atoms with E-state index in [2.05, 4.69) is 49.2 Å². The summed E-state index contributed by atoms with van der Waals surface area (Å²) in [7, 11) is 0. The third kappa shape index (κ3) is 4.18. The summed E-state index contributed by atoms with van der Waals surface area (Å²) in [4.78, 5) is 17.4. The predicted molar refractivity (Wildman–Crippen MR) is 96.4 cm³/mol. The number of nitrogens with zero attached hydrogens (tertiary/aromatic N) is 4. The van der Waals surface area contributed by atoms with E-state index in [0.717, 1.165) is 22.0 Å². The lowest BCUT2D eigenvalue weighted by atomic mass is 10.1. The first kappa shape index (κ1) is 17.0. The van der Waals surface area contributed by atoms with Gasteiger partial charge >= 0.3 is 6.03 Å². The number of aryl methyl sites for hydroxylation is 1. The van der Waals surface area contributed by atoms with Gasteiger partial charge in [0.1, 0.15) is 5.82 Å². The number of rotatable bonds is 5. The number of hydrogen-bond acceptors (Lipinski definition) is 6. The highest BCUT2D eigenvalue weighted by Gasteiger charge is 2.13. The number of hydrogen-bond donors (Lipinski definition) is 3. The van der Waals surface area contributed by atoms with Gasteiger partial charge in [-0.15, -0.1) is 5.10 Å². The number of urea groups is 1. The lowest BCUT2D eigenvalue weighted by molar-refractivity contribution is 0.252. The molecular weight excluding hydrogens is 338 g/mol. The summed E-state index contributed by atoms with van der Waals surface area (Å²) in [5, 5.41) is 16.7. The van der Waals surface area contributed by atoms with Gasteiger partial charge in [0.25, 0.3) is 0 Å². The normalized spacial score (nSPS) is 10.9. The van der Waals surface area contributed by atoms with Crippen LogP contribution in [0.15, 0.2) is 24.3 Å². The van der Waals surface area contributed by atoms with Crippen molar-refractivity contribution in [1.29, 1.82) is 0 Å². The van der Waals surface area contributed by atoms with Gasteiger partial charge in [-0.25, -0.2) is 9.78 Å². The molecule has 2 amide bonds. The summed E-state index contributed by atoms with van der Waals surface area (Å²) in [6.45, 7) is 6.34. The maximum absolute atomic E-state index is 12.1. The summed E-state index contributed by atoms with van der Waals surface area (Å²) in [5.74, 6) is 1.61. The maximum atomic E-state index is 12.1. The van der Waals surface area contributed by atoms with Crippen LogP contribution in [-0.2, 0) is 6.54 Å². The van der Waals surface area contributed by atoms with Crippen LogP contribution in [0.25, 0.3) is 11.4 Å². The highest BCUT2D eigenvalue weighted by atomic mass is 32.1. The quantitative estimate of drug-likeness (QED) is 0.650. The van der Waals surface area contributed by atoms with Crippen LogP contribution in [-0.4, -0.2) is 30.8 Å². The van der Waals surface area contributed by atoms with Gasteiger partial charge in [-0.2, -0.15) is 5.10 Å². The zero-order valence-corrected chi connectivity index (χ0v) is 15.0. The van der Waals surface area contributed by atoms with Crippen molar-refractivity contribution in [1.82, 2.24) is 30.1 Å². The van der Waals surface area contributed by atoms with Gasteiger partial charge in [0.05, 0.1) is 17.1 Å². The second-order valence-corrected chi connectivity index (χ2v) is 6.71. The smallest absolute Gasteiger partial charge is 0.319 e. The Morgan fingerprint density at radius 3 is 2.92 bits per heavy atom. The summed E-state index contributed by atoms with van der Waals surface area (Å²) < 4.78 is 3.96. The van der Waals surface area contributed by atoms with E-state index >= 15 is 0 Å². The second-order valence-electron chi connectivity index (χ2n) is 5.87. The molecule has 0 atom stereocenters. The number of H-pyrrole nitrogens is 1. The van der Waals surface area contributed by atoms with Gasteiger partial charge in [-0.3, -0.25) is 5.10 Å². The number of carbonyl (C=O) groups excluding carboxylic acids is 1. The van der Waals surface area contributed by atoms with E-state index in [0.29, 0.717) is 18.1 Å². The second kappa shape index (κ2) is 7.39. The van der Waals surface area contributed by atoms with E-state index in [1.54, 1.807) is 0 Å². The minimum Gasteiger partial charge on any atom is -0.333 e. The van der Waals surface area contributed by atoms with Gasteiger partial charge in [-0.1, -0.05) is 30.5 Å². The molecular formula is C16H19N7OS. The van der Waals surface area contributed by atoms with Gasteiger partial charge in [0.15, 0.2) is 5.82 Å². The molecule has 9 heteroatoms. The Morgan fingerprint density at radius 2 is 2.20 bits per heavy atom. The molecule has 0 aliphatic rings. The Kier molecular flexibility index (Phi) is 5.03. The van der Waals surface area contributed by atoms with Crippen molar-refractivity contribution in [3.63, 3.8) is 0 Å². The SMILES string of the molecule is Cc1nc(-c2cccc(NC(=O)NCc3snnc3C(C)C)c2)n[nH]1. The Labute approximate surface area is 149 Å². The number of anilines is 1. The summed E-state index contributed by atoms with van der Waals surface area (Å²) in [5.41, 5.74) is 2.42. The van der Waals surface area contributed by atoms with Gasteiger partial charge in [-0.05, 0) is 36.5 Å².